The Hall–Kier alpha value is -0.700. The van der Waals surface area contributed by atoms with Crippen molar-refractivity contribution in [3.8, 4) is 0 Å². The predicted molar refractivity (Wildman–Crippen MR) is 82.9 cm³/mol. The number of halogens is 1. The summed E-state index contributed by atoms with van der Waals surface area (Å²) in [4.78, 5) is 1.41. The van der Waals surface area contributed by atoms with Crippen molar-refractivity contribution in [2.45, 2.75) is 23.0 Å². The number of benzene rings is 2. The van der Waals surface area contributed by atoms with E-state index in [2.05, 4.69) is 47.8 Å². The molecule has 0 unspecified atom stereocenters. The molecule has 0 amide bonds. The molecule has 1 aliphatic rings. The van der Waals surface area contributed by atoms with Gasteiger partial charge < -0.3 is 5.32 Å². The molecule has 1 heterocycles. The van der Waals surface area contributed by atoms with Crippen molar-refractivity contribution in [1.82, 2.24) is 5.32 Å². The van der Waals surface area contributed by atoms with Gasteiger partial charge in [0, 0.05) is 10.1 Å². The highest BCUT2D eigenvalue weighted by Gasteiger charge is 2.13. The third-order valence-electron chi connectivity index (χ3n) is 3.31. The molecule has 2 aromatic carbocycles. The normalized spacial score (nSPS) is 16.4. The summed E-state index contributed by atoms with van der Waals surface area (Å²) in [5.41, 5.74) is 0. The van der Waals surface area contributed by atoms with Crippen LogP contribution >= 0.6 is 24.2 Å². The van der Waals surface area contributed by atoms with Crippen molar-refractivity contribution < 1.29 is 0 Å². The van der Waals surface area contributed by atoms with E-state index in [-0.39, 0.29) is 12.4 Å². The fraction of sp³-hybridized carbons (Fsp3) is 0.333. The zero-order valence-corrected chi connectivity index (χ0v) is 11.9. The molecule has 0 bridgehead atoms. The van der Waals surface area contributed by atoms with Crippen LogP contribution in [-0.2, 0) is 0 Å². The second-order valence-electron chi connectivity index (χ2n) is 4.58. The fourth-order valence-corrected chi connectivity index (χ4v) is 3.54. The summed E-state index contributed by atoms with van der Waals surface area (Å²) in [6, 6.07) is 15.4. The van der Waals surface area contributed by atoms with Crippen molar-refractivity contribution in [3.05, 3.63) is 42.5 Å². The number of rotatable bonds is 2. The number of nitrogens with one attached hydrogen (secondary N) is 1. The highest BCUT2D eigenvalue weighted by molar-refractivity contribution is 8.00. The molecule has 0 saturated carbocycles. The van der Waals surface area contributed by atoms with E-state index in [1.54, 1.807) is 0 Å². The van der Waals surface area contributed by atoms with Crippen LogP contribution in [0.4, 0.5) is 0 Å². The van der Waals surface area contributed by atoms with Gasteiger partial charge in [-0.15, -0.1) is 24.2 Å². The Balaban J connectivity index is 0.00000120. The molecule has 2 aromatic rings. The summed E-state index contributed by atoms with van der Waals surface area (Å²) in [6.45, 7) is 2.34. The Morgan fingerprint density at radius 3 is 2.44 bits per heavy atom. The number of thioether (sulfide) groups is 1. The molecule has 0 aliphatic carbocycles. The van der Waals surface area contributed by atoms with Crippen molar-refractivity contribution in [3.63, 3.8) is 0 Å². The van der Waals surface area contributed by atoms with Crippen LogP contribution in [0.2, 0.25) is 0 Å². The number of hydrogen-bond donors (Lipinski definition) is 1. The first kappa shape index (κ1) is 13.7. The van der Waals surface area contributed by atoms with Gasteiger partial charge in [-0.25, -0.2) is 0 Å². The second kappa shape index (κ2) is 6.46. The SMILES string of the molecule is Cl.c1ccc2cc(SC3CCNCC3)ccc2c1. The maximum atomic E-state index is 3.42. The van der Waals surface area contributed by atoms with Crippen LogP contribution < -0.4 is 5.32 Å². The highest BCUT2D eigenvalue weighted by Crippen LogP contribution is 2.30. The summed E-state index contributed by atoms with van der Waals surface area (Å²) in [7, 11) is 0. The quantitative estimate of drug-likeness (QED) is 0.888. The lowest BCUT2D eigenvalue weighted by molar-refractivity contribution is 0.531. The van der Waals surface area contributed by atoms with Crippen LogP contribution in [0.25, 0.3) is 10.8 Å². The zero-order chi connectivity index (χ0) is 11.5. The molecule has 0 aromatic heterocycles. The first-order valence-corrected chi connectivity index (χ1v) is 7.16. The minimum Gasteiger partial charge on any atom is -0.317 e. The average Bonchev–Trinajstić information content (AvgIpc) is 2.40. The van der Waals surface area contributed by atoms with Gasteiger partial charge in [0.1, 0.15) is 0 Å². The molecule has 0 atom stereocenters. The van der Waals surface area contributed by atoms with E-state index in [9.17, 15) is 0 Å². The first-order chi connectivity index (χ1) is 8.42. The molecule has 1 N–H and O–H groups in total. The molecule has 1 aliphatic heterocycles. The molecular weight excluding hydrogens is 262 g/mol. The van der Waals surface area contributed by atoms with E-state index < -0.39 is 0 Å². The van der Waals surface area contributed by atoms with E-state index >= 15 is 0 Å². The van der Waals surface area contributed by atoms with Crippen LogP contribution in [0.1, 0.15) is 12.8 Å². The van der Waals surface area contributed by atoms with Crippen LogP contribution in [0.5, 0.6) is 0 Å². The molecule has 1 saturated heterocycles. The van der Waals surface area contributed by atoms with Gasteiger partial charge >= 0.3 is 0 Å². The van der Waals surface area contributed by atoms with Gasteiger partial charge in [-0.05, 0) is 48.8 Å². The van der Waals surface area contributed by atoms with E-state index in [4.69, 9.17) is 0 Å². The fourth-order valence-electron chi connectivity index (χ4n) is 2.35. The Bertz CT molecular complexity index is 509. The summed E-state index contributed by atoms with van der Waals surface area (Å²) < 4.78 is 0. The van der Waals surface area contributed by atoms with Gasteiger partial charge in [0.2, 0.25) is 0 Å². The van der Waals surface area contributed by atoms with Crippen LogP contribution in [-0.4, -0.2) is 18.3 Å². The van der Waals surface area contributed by atoms with Crippen molar-refractivity contribution in [2.75, 3.05) is 13.1 Å². The van der Waals surface area contributed by atoms with Gasteiger partial charge in [0.15, 0.2) is 0 Å². The van der Waals surface area contributed by atoms with Crippen LogP contribution in [0.15, 0.2) is 47.4 Å². The number of piperidine rings is 1. The molecular formula is C15H18ClNS. The average molecular weight is 280 g/mol. The lowest BCUT2D eigenvalue weighted by atomic mass is 10.1. The molecule has 3 rings (SSSR count). The molecule has 18 heavy (non-hydrogen) atoms. The molecule has 1 nitrogen and oxygen atoms in total. The maximum Gasteiger partial charge on any atom is 0.0118 e. The maximum absolute atomic E-state index is 3.42. The van der Waals surface area contributed by atoms with Gasteiger partial charge in [-0.1, -0.05) is 30.3 Å². The lowest BCUT2D eigenvalue weighted by Crippen LogP contribution is -2.29. The minimum atomic E-state index is 0. The smallest absolute Gasteiger partial charge is 0.0118 e. The van der Waals surface area contributed by atoms with E-state index in [0.717, 1.165) is 5.25 Å². The van der Waals surface area contributed by atoms with Gasteiger partial charge in [-0.3, -0.25) is 0 Å². The summed E-state index contributed by atoms with van der Waals surface area (Å²) in [5, 5.41) is 6.89. The van der Waals surface area contributed by atoms with Crippen LogP contribution in [0, 0.1) is 0 Å². The molecule has 3 heteroatoms. The van der Waals surface area contributed by atoms with Crippen molar-refractivity contribution in [2.24, 2.45) is 0 Å². The third-order valence-corrected chi connectivity index (χ3v) is 4.64. The van der Waals surface area contributed by atoms with E-state index in [0.29, 0.717) is 0 Å². The van der Waals surface area contributed by atoms with Gasteiger partial charge in [0.05, 0.1) is 0 Å². The first-order valence-electron chi connectivity index (χ1n) is 6.28. The lowest BCUT2D eigenvalue weighted by Gasteiger charge is -2.22. The predicted octanol–water partition coefficient (Wildman–Crippen LogP) is 4.11. The number of hydrogen-bond acceptors (Lipinski definition) is 2. The Morgan fingerprint density at radius 2 is 1.67 bits per heavy atom. The third kappa shape index (κ3) is 3.19. The largest absolute Gasteiger partial charge is 0.317 e. The minimum absolute atomic E-state index is 0. The monoisotopic (exact) mass is 279 g/mol. The van der Waals surface area contributed by atoms with Gasteiger partial charge in [0.25, 0.3) is 0 Å². The Morgan fingerprint density at radius 1 is 0.944 bits per heavy atom. The second-order valence-corrected chi connectivity index (χ2v) is 5.95. The molecule has 96 valence electrons. The van der Waals surface area contributed by atoms with Crippen LogP contribution in [0.3, 0.4) is 0 Å². The van der Waals surface area contributed by atoms with Crippen molar-refractivity contribution in [1.29, 1.82) is 0 Å². The molecule has 0 spiro atoms. The summed E-state index contributed by atoms with van der Waals surface area (Å²) >= 11 is 2.04. The molecule has 1 fully saturated rings. The zero-order valence-electron chi connectivity index (χ0n) is 10.3. The number of fused-ring (bicyclic) bond motifs is 1. The van der Waals surface area contributed by atoms with Gasteiger partial charge in [-0.2, -0.15) is 0 Å². The summed E-state index contributed by atoms with van der Waals surface area (Å²) in [5.74, 6) is 0. The summed E-state index contributed by atoms with van der Waals surface area (Å²) in [6.07, 6.45) is 2.58. The Labute approximate surface area is 119 Å². The highest BCUT2D eigenvalue weighted by atomic mass is 35.5. The van der Waals surface area contributed by atoms with E-state index in [1.165, 1.54) is 41.6 Å². The Kier molecular flexibility index (Phi) is 4.93. The van der Waals surface area contributed by atoms with Crippen molar-refractivity contribution >= 4 is 34.9 Å². The van der Waals surface area contributed by atoms with E-state index in [1.807, 2.05) is 11.8 Å². The topological polar surface area (TPSA) is 12.0 Å². The molecule has 0 radical (unpaired) electrons. The standard InChI is InChI=1S/C15H17NS.ClH/c1-2-4-13-11-15(6-5-12(13)3-1)17-14-7-9-16-10-8-14;/h1-6,11,14,16H,7-10H2;1H.